The van der Waals surface area contributed by atoms with Gasteiger partial charge in [0.05, 0.1) is 0 Å². The lowest BCUT2D eigenvalue weighted by Gasteiger charge is -2.42. The summed E-state index contributed by atoms with van der Waals surface area (Å²) in [6.45, 7) is 6.30. The number of nitrogens with zero attached hydrogens (tertiary/aromatic N) is 1. The molecule has 1 saturated heterocycles. The molecular formula is C13H24N2. The standard InChI is InChI=1S/C13H24N2/c1-10-7-14-13(12-5-6-12)9-15(10)8-11-3-2-4-11/h10-14H,2-9H2,1H3. The third kappa shape index (κ3) is 2.21. The summed E-state index contributed by atoms with van der Waals surface area (Å²) in [5, 5.41) is 3.73. The van der Waals surface area contributed by atoms with E-state index >= 15 is 0 Å². The van der Waals surface area contributed by atoms with Gasteiger partial charge in [0.1, 0.15) is 0 Å². The van der Waals surface area contributed by atoms with Gasteiger partial charge in [-0.05, 0) is 44.4 Å². The Morgan fingerprint density at radius 3 is 2.60 bits per heavy atom. The second-order valence-corrected chi connectivity index (χ2v) is 5.95. The van der Waals surface area contributed by atoms with Crippen molar-refractivity contribution < 1.29 is 0 Å². The maximum atomic E-state index is 3.73. The third-order valence-electron chi connectivity index (χ3n) is 4.64. The zero-order valence-corrected chi connectivity index (χ0v) is 9.91. The summed E-state index contributed by atoms with van der Waals surface area (Å²) >= 11 is 0. The van der Waals surface area contributed by atoms with Crippen LogP contribution in [-0.4, -0.2) is 36.6 Å². The van der Waals surface area contributed by atoms with Crippen molar-refractivity contribution in [2.24, 2.45) is 11.8 Å². The molecule has 15 heavy (non-hydrogen) atoms. The first-order valence-corrected chi connectivity index (χ1v) is 6.80. The highest BCUT2D eigenvalue weighted by Gasteiger charge is 2.36. The van der Waals surface area contributed by atoms with Gasteiger partial charge in [-0.2, -0.15) is 0 Å². The monoisotopic (exact) mass is 208 g/mol. The first kappa shape index (κ1) is 10.1. The lowest BCUT2D eigenvalue weighted by molar-refractivity contribution is 0.0918. The molecule has 2 aliphatic carbocycles. The number of hydrogen-bond donors (Lipinski definition) is 1. The number of piperazine rings is 1. The average molecular weight is 208 g/mol. The minimum Gasteiger partial charge on any atom is -0.311 e. The van der Waals surface area contributed by atoms with E-state index in [0.29, 0.717) is 0 Å². The lowest BCUT2D eigenvalue weighted by atomic mass is 9.84. The van der Waals surface area contributed by atoms with E-state index in [1.807, 2.05) is 0 Å². The Hall–Kier alpha value is -0.0800. The fraction of sp³-hybridized carbons (Fsp3) is 1.00. The summed E-state index contributed by atoms with van der Waals surface area (Å²) in [4.78, 5) is 2.75. The van der Waals surface area contributed by atoms with Crippen LogP contribution in [0.2, 0.25) is 0 Å². The Bertz CT molecular complexity index is 221. The molecule has 2 atom stereocenters. The van der Waals surface area contributed by atoms with Crippen molar-refractivity contribution in [2.75, 3.05) is 19.6 Å². The molecule has 2 heteroatoms. The predicted molar refractivity (Wildman–Crippen MR) is 62.9 cm³/mol. The van der Waals surface area contributed by atoms with Crippen LogP contribution in [0.4, 0.5) is 0 Å². The van der Waals surface area contributed by atoms with E-state index in [-0.39, 0.29) is 0 Å². The smallest absolute Gasteiger partial charge is 0.0224 e. The normalized spacial score (nSPS) is 39.0. The molecule has 3 rings (SSSR count). The molecule has 2 saturated carbocycles. The average Bonchev–Trinajstić information content (AvgIpc) is 2.97. The molecule has 0 amide bonds. The number of hydrogen-bond acceptors (Lipinski definition) is 2. The van der Waals surface area contributed by atoms with Crippen LogP contribution in [0.1, 0.15) is 39.0 Å². The van der Waals surface area contributed by atoms with Gasteiger partial charge >= 0.3 is 0 Å². The fourth-order valence-corrected chi connectivity index (χ4v) is 3.02. The second kappa shape index (κ2) is 4.06. The highest BCUT2D eigenvalue weighted by molar-refractivity contribution is 4.94. The van der Waals surface area contributed by atoms with E-state index in [4.69, 9.17) is 0 Å². The van der Waals surface area contributed by atoms with Gasteiger partial charge in [-0.25, -0.2) is 0 Å². The number of rotatable bonds is 3. The molecule has 2 nitrogen and oxygen atoms in total. The summed E-state index contributed by atoms with van der Waals surface area (Å²) in [6.07, 6.45) is 7.42. The SMILES string of the molecule is CC1CNC(C2CC2)CN1CC1CCC1. The van der Waals surface area contributed by atoms with Crippen molar-refractivity contribution in [3.8, 4) is 0 Å². The quantitative estimate of drug-likeness (QED) is 0.761. The van der Waals surface area contributed by atoms with Gasteiger partial charge in [0, 0.05) is 31.7 Å². The maximum Gasteiger partial charge on any atom is 0.0224 e. The van der Waals surface area contributed by atoms with E-state index in [1.54, 1.807) is 0 Å². The summed E-state index contributed by atoms with van der Waals surface area (Å²) in [5.41, 5.74) is 0. The molecule has 0 aromatic carbocycles. The third-order valence-corrected chi connectivity index (χ3v) is 4.64. The Morgan fingerprint density at radius 2 is 2.00 bits per heavy atom. The Kier molecular flexibility index (Phi) is 2.73. The summed E-state index contributed by atoms with van der Waals surface area (Å²) in [7, 11) is 0. The second-order valence-electron chi connectivity index (χ2n) is 5.95. The maximum absolute atomic E-state index is 3.73. The summed E-state index contributed by atoms with van der Waals surface area (Å²) < 4.78 is 0. The van der Waals surface area contributed by atoms with Crippen LogP contribution >= 0.6 is 0 Å². The Labute approximate surface area is 93.4 Å². The van der Waals surface area contributed by atoms with E-state index in [2.05, 4.69) is 17.1 Å². The fourth-order valence-electron chi connectivity index (χ4n) is 3.02. The van der Waals surface area contributed by atoms with E-state index in [1.165, 1.54) is 51.7 Å². The molecule has 0 spiro atoms. The first-order valence-electron chi connectivity index (χ1n) is 6.80. The molecule has 3 fully saturated rings. The highest BCUT2D eigenvalue weighted by atomic mass is 15.2. The van der Waals surface area contributed by atoms with E-state index in [9.17, 15) is 0 Å². The topological polar surface area (TPSA) is 15.3 Å². The molecular weight excluding hydrogens is 184 g/mol. The highest BCUT2D eigenvalue weighted by Crippen LogP contribution is 2.35. The van der Waals surface area contributed by atoms with Gasteiger partial charge in [0.25, 0.3) is 0 Å². The minimum atomic E-state index is 0.764. The van der Waals surface area contributed by atoms with Crippen molar-refractivity contribution in [1.29, 1.82) is 0 Å². The zero-order chi connectivity index (χ0) is 10.3. The molecule has 1 aliphatic heterocycles. The Balaban J connectivity index is 1.53. The van der Waals surface area contributed by atoms with Gasteiger partial charge in [-0.1, -0.05) is 6.42 Å². The van der Waals surface area contributed by atoms with Gasteiger partial charge in [0.2, 0.25) is 0 Å². The van der Waals surface area contributed by atoms with Crippen LogP contribution in [0.3, 0.4) is 0 Å². The van der Waals surface area contributed by atoms with Crippen molar-refractivity contribution in [3.05, 3.63) is 0 Å². The van der Waals surface area contributed by atoms with Gasteiger partial charge < -0.3 is 5.32 Å². The molecule has 0 radical (unpaired) electrons. The van der Waals surface area contributed by atoms with Crippen molar-refractivity contribution in [3.63, 3.8) is 0 Å². The van der Waals surface area contributed by atoms with E-state index < -0.39 is 0 Å². The van der Waals surface area contributed by atoms with Crippen LogP contribution in [0.25, 0.3) is 0 Å². The zero-order valence-electron chi connectivity index (χ0n) is 9.91. The molecule has 0 bridgehead atoms. The van der Waals surface area contributed by atoms with Crippen LogP contribution < -0.4 is 5.32 Å². The number of nitrogens with one attached hydrogen (secondary N) is 1. The molecule has 3 aliphatic rings. The van der Waals surface area contributed by atoms with Crippen LogP contribution in [0.5, 0.6) is 0 Å². The van der Waals surface area contributed by atoms with Gasteiger partial charge in [-0.3, -0.25) is 4.90 Å². The Morgan fingerprint density at radius 1 is 1.20 bits per heavy atom. The molecule has 1 N–H and O–H groups in total. The van der Waals surface area contributed by atoms with Crippen LogP contribution in [0, 0.1) is 11.8 Å². The molecule has 0 aromatic rings. The van der Waals surface area contributed by atoms with E-state index in [0.717, 1.165) is 23.9 Å². The first-order chi connectivity index (χ1) is 7.33. The minimum absolute atomic E-state index is 0.764. The van der Waals surface area contributed by atoms with Gasteiger partial charge in [0.15, 0.2) is 0 Å². The molecule has 86 valence electrons. The lowest BCUT2D eigenvalue weighted by Crippen LogP contribution is -2.57. The van der Waals surface area contributed by atoms with Crippen LogP contribution in [0.15, 0.2) is 0 Å². The predicted octanol–water partition coefficient (Wildman–Crippen LogP) is 1.86. The van der Waals surface area contributed by atoms with Crippen molar-refractivity contribution in [1.82, 2.24) is 10.2 Å². The summed E-state index contributed by atoms with van der Waals surface area (Å²) in [5.74, 6) is 2.05. The molecule has 0 aromatic heterocycles. The summed E-state index contributed by atoms with van der Waals surface area (Å²) in [6, 6.07) is 1.59. The van der Waals surface area contributed by atoms with Gasteiger partial charge in [-0.15, -0.1) is 0 Å². The molecule has 2 unspecified atom stereocenters. The molecule has 1 heterocycles. The largest absolute Gasteiger partial charge is 0.311 e. The van der Waals surface area contributed by atoms with Crippen molar-refractivity contribution >= 4 is 0 Å². The van der Waals surface area contributed by atoms with Crippen molar-refractivity contribution in [2.45, 2.75) is 51.1 Å². The van der Waals surface area contributed by atoms with Crippen LogP contribution in [-0.2, 0) is 0 Å².